The molecule has 1 aliphatic rings. The van der Waals surface area contributed by atoms with Gasteiger partial charge < -0.3 is 20.1 Å². The van der Waals surface area contributed by atoms with Gasteiger partial charge in [0.25, 0.3) is 0 Å². The van der Waals surface area contributed by atoms with Crippen LogP contribution in [0.25, 0.3) is 0 Å². The summed E-state index contributed by atoms with van der Waals surface area (Å²) in [5, 5.41) is 12.3. The fourth-order valence-corrected chi connectivity index (χ4v) is 2.71. The summed E-state index contributed by atoms with van der Waals surface area (Å²) in [6, 6.07) is 7.91. The molecule has 0 spiro atoms. The van der Waals surface area contributed by atoms with Crippen LogP contribution in [0.4, 0.5) is 10.5 Å². The average molecular weight is 306 g/mol. The maximum atomic E-state index is 11.7. The third-order valence-electron chi connectivity index (χ3n) is 3.72. The van der Waals surface area contributed by atoms with E-state index in [1.54, 1.807) is 0 Å². The molecule has 2 N–H and O–H groups in total. The van der Waals surface area contributed by atoms with Crippen molar-refractivity contribution in [1.82, 2.24) is 5.32 Å². The number of alkyl carbamates (subject to hydrolysis) is 1. The van der Waals surface area contributed by atoms with Crippen LogP contribution in [0.1, 0.15) is 32.8 Å². The first-order valence-corrected chi connectivity index (χ1v) is 7.79. The molecular formula is C17H26N2O3. The first-order valence-electron chi connectivity index (χ1n) is 7.79. The van der Waals surface area contributed by atoms with Gasteiger partial charge in [-0.15, -0.1) is 0 Å². The summed E-state index contributed by atoms with van der Waals surface area (Å²) in [5.74, 6) is 0.402. The monoisotopic (exact) mass is 306 g/mol. The zero-order valence-corrected chi connectivity index (χ0v) is 13.6. The van der Waals surface area contributed by atoms with Crippen LogP contribution in [0, 0.1) is 5.92 Å². The van der Waals surface area contributed by atoms with E-state index in [2.05, 4.69) is 10.2 Å². The van der Waals surface area contributed by atoms with Crippen LogP contribution in [-0.4, -0.2) is 36.4 Å². The van der Waals surface area contributed by atoms with Crippen molar-refractivity contribution in [2.45, 2.75) is 39.4 Å². The maximum absolute atomic E-state index is 11.7. The fraction of sp³-hybridized carbons (Fsp3) is 0.588. The molecule has 5 heteroatoms. The highest BCUT2D eigenvalue weighted by Crippen LogP contribution is 2.26. The Balaban J connectivity index is 1.84. The minimum atomic E-state index is -0.466. The zero-order valence-electron chi connectivity index (χ0n) is 13.6. The summed E-state index contributed by atoms with van der Waals surface area (Å²) in [7, 11) is 0. The summed E-state index contributed by atoms with van der Waals surface area (Å²) in [5.41, 5.74) is 1.57. The van der Waals surface area contributed by atoms with Gasteiger partial charge in [0.15, 0.2) is 0 Å². The van der Waals surface area contributed by atoms with Crippen LogP contribution >= 0.6 is 0 Å². The highest BCUT2D eigenvalue weighted by atomic mass is 16.6. The third-order valence-corrected chi connectivity index (χ3v) is 3.72. The van der Waals surface area contributed by atoms with Gasteiger partial charge in [0, 0.05) is 30.9 Å². The van der Waals surface area contributed by atoms with E-state index in [0.717, 1.165) is 30.8 Å². The molecule has 0 aromatic heterocycles. The molecular weight excluding hydrogens is 280 g/mol. The van der Waals surface area contributed by atoms with Crippen molar-refractivity contribution in [3.8, 4) is 0 Å². The minimum absolute atomic E-state index is 0.0491. The maximum Gasteiger partial charge on any atom is 0.407 e. The van der Waals surface area contributed by atoms with E-state index < -0.39 is 5.60 Å². The largest absolute Gasteiger partial charge is 0.444 e. The second kappa shape index (κ2) is 7.01. The number of amides is 1. The Morgan fingerprint density at radius 1 is 1.41 bits per heavy atom. The summed E-state index contributed by atoms with van der Waals surface area (Å²) >= 11 is 0. The lowest BCUT2D eigenvalue weighted by Gasteiger charge is -2.22. The molecule has 1 atom stereocenters. The second-order valence-electron chi connectivity index (χ2n) is 6.77. The number of aliphatic hydroxyl groups excluding tert-OH is 1. The van der Waals surface area contributed by atoms with Gasteiger partial charge in [0.1, 0.15) is 5.60 Å². The van der Waals surface area contributed by atoms with Gasteiger partial charge in [-0.25, -0.2) is 4.79 Å². The number of nitrogens with zero attached hydrogens (tertiary/aromatic N) is 1. The van der Waals surface area contributed by atoms with Gasteiger partial charge >= 0.3 is 6.09 Å². The predicted molar refractivity (Wildman–Crippen MR) is 86.9 cm³/mol. The molecule has 1 fully saturated rings. The SMILES string of the molecule is CC(C)(C)OC(=O)NC[C@@H]1CCN(c2ccccc2CO)C1. The van der Waals surface area contributed by atoms with E-state index in [1.165, 1.54) is 0 Å². The average Bonchev–Trinajstić information content (AvgIpc) is 2.92. The lowest BCUT2D eigenvalue weighted by molar-refractivity contribution is 0.0520. The summed E-state index contributed by atoms with van der Waals surface area (Å²) < 4.78 is 5.25. The van der Waals surface area contributed by atoms with Gasteiger partial charge in [0.2, 0.25) is 0 Å². The molecule has 0 radical (unpaired) electrons. The topological polar surface area (TPSA) is 61.8 Å². The number of para-hydroxylation sites is 1. The standard InChI is InChI=1S/C17H26N2O3/c1-17(2,3)22-16(21)18-10-13-8-9-19(11-13)15-7-5-4-6-14(15)12-20/h4-7,13,20H,8-12H2,1-3H3,(H,18,21)/t13-/m0/s1. The number of aliphatic hydroxyl groups is 1. The van der Waals surface area contributed by atoms with Crippen molar-refractivity contribution >= 4 is 11.8 Å². The number of hydrogen-bond donors (Lipinski definition) is 2. The molecule has 1 amide bonds. The third kappa shape index (κ3) is 4.63. The molecule has 122 valence electrons. The van der Waals surface area contributed by atoms with Crippen molar-refractivity contribution < 1.29 is 14.6 Å². The number of carbonyl (C=O) groups is 1. The Morgan fingerprint density at radius 2 is 2.14 bits per heavy atom. The highest BCUT2D eigenvalue weighted by molar-refractivity contribution is 5.67. The van der Waals surface area contributed by atoms with E-state index in [9.17, 15) is 9.90 Å². The van der Waals surface area contributed by atoms with Crippen LogP contribution in [0.5, 0.6) is 0 Å². The van der Waals surface area contributed by atoms with Crippen molar-refractivity contribution in [2.75, 3.05) is 24.5 Å². The molecule has 1 heterocycles. The number of benzene rings is 1. The minimum Gasteiger partial charge on any atom is -0.444 e. The first-order chi connectivity index (χ1) is 10.4. The Kier molecular flexibility index (Phi) is 5.29. The Labute approximate surface area is 132 Å². The summed E-state index contributed by atoms with van der Waals surface area (Å²) in [6.07, 6.45) is 0.664. The van der Waals surface area contributed by atoms with Crippen molar-refractivity contribution in [3.63, 3.8) is 0 Å². The number of anilines is 1. The molecule has 1 aromatic carbocycles. The molecule has 0 unspecified atom stereocenters. The van der Waals surface area contributed by atoms with Gasteiger partial charge in [-0.2, -0.15) is 0 Å². The van der Waals surface area contributed by atoms with E-state index in [-0.39, 0.29) is 12.7 Å². The quantitative estimate of drug-likeness (QED) is 0.897. The zero-order chi connectivity index (χ0) is 16.2. The van der Waals surface area contributed by atoms with Gasteiger partial charge in [-0.05, 0) is 39.2 Å². The van der Waals surface area contributed by atoms with Crippen LogP contribution in [0.3, 0.4) is 0 Å². The molecule has 1 saturated heterocycles. The highest BCUT2D eigenvalue weighted by Gasteiger charge is 2.25. The molecule has 1 aliphatic heterocycles. The van der Waals surface area contributed by atoms with Crippen LogP contribution in [-0.2, 0) is 11.3 Å². The molecule has 2 rings (SSSR count). The Hall–Kier alpha value is -1.75. The Bertz CT molecular complexity index is 511. The van der Waals surface area contributed by atoms with Gasteiger partial charge in [0.05, 0.1) is 6.61 Å². The molecule has 0 saturated carbocycles. The normalized spacial score (nSPS) is 18.4. The second-order valence-corrected chi connectivity index (χ2v) is 6.77. The predicted octanol–water partition coefficient (Wildman–Crippen LogP) is 2.53. The molecule has 1 aromatic rings. The van der Waals surface area contributed by atoms with Crippen LogP contribution < -0.4 is 10.2 Å². The molecule has 22 heavy (non-hydrogen) atoms. The number of rotatable bonds is 4. The van der Waals surface area contributed by atoms with Gasteiger partial charge in [-0.3, -0.25) is 0 Å². The van der Waals surface area contributed by atoms with E-state index in [0.29, 0.717) is 12.5 Å². The molecule has 0 aliphatic carbocycles. The van der Waals surface area contributed by atoms with Crippen molar-refractivity contribution in [3.05, 3.63) is 29.8 Å². The van der Waals surface area contributed by atoms with E-state index in [4.69, 9.17) is 4.74 Å². The van der Waals surface area contributed by atoms with Crippen LogP contribution in [0.15, 0.2) is 24.3 Å². The molecule has 5 nitrogen and oxygen atoms in total. The lowest BCUT2D eigenvalue weighted by atomic mass is 10.1. The number of nitrogens with one attached hydrogen (secondary N) is 1. The molecule has 0 bridgehead atoms. The van der Waals surface area contributed by atoms with Crippen LogP contribution in [0.2, 0.25) is 0 Å². The van der Waals surface area contributed by atoms with E-state index in [1.807, 2.05) is 45.0 Å². The van der Waals surface area contributed by atoms with Crippen molar-refractivity contribution in [2.24, 2.45) is 5.92 Å². The first kappa shape index (κ1) is 16.6. The number of carbonyl (C=O) groups excluding carboxylic acids is 1. The van der Waals surface area contributed by atoms with Crippen molar-refractivity contribution in [1.29, 1.82) is 0 Å². The van der Waals surface area contributed by atoms with E-state index >= 15 is 0 Å². The summed E-state index contributed by atoms with van der Waals surface area (Å²) in [4.78, 5) is 14.0. The fourth-order valence-electron chi connectivity index (χ4n) is 2.71. The smallest absolute Gasteiger partial charge is 0.407 e. The lowest BCUT2D eigenvalue weighted by Crippen LogP contribution is -2.36. The summed E-state index contributed by atoms with van der Waals surface area (Å²) in [6.45, 7) is 8.06. The number of ether oxygens (including phenoxy) is 1. The van der Waals surface area contributed by atoms with Gasteiger partial charge in [-0.1, -0.05) is 18.2 Å². The Morgan fingerprint density at radius 3 is 2.82 bits per heavy atom. The number of hydrogen-bond acceptors (Lipinski definition) is 4.